The van der Waals surface area contributed by atoms with E-state index in [2.05, 4.69) is 35.8 Å². The van der Waals surface area contributed by atoms with Crippen LogP contribution < -0.4 is 15.5 Å². The summed E-state index contributed by atoms with van der Waals surface area (Å²) >= 11 is 0. The molecule has 4 rings (SSSR count). The third-order valence-electron chi connectivity index (χ3n) is 4.57. The maximum Gasteiger partial charge on any atom is 0.216 e. The van der Waals surface area contributed by atoms with Crippen LogP contribution in [0.25, 0.3) is 11.6 Å². The molecule has 1 saturated heterocycles. The van der Waals surface area contributed by atoms with E-state index in [1.165, 1.54) is 6.07 Å². The number of pyridine rings is 1. The number of guanidine groups is 1. The van der Waals surface area contributed by atoms with Crippen molar-refractivity contribution in [2.45, 2.75) is 25.9 Å². The zero-order valence-corrected chi connectivity index (χ0v) is 18.8. The van der Waals surface area contributed by atoms with Gasteiger partial charge < -0.3 is 20.0 Å². The second kappa shape index (κ2) is 10.4. The van der Waals surface area contributed by atoms with Gasteiger partial charge in [0.25, 0.3) is 0 Å². The van der Waals surface area contributed by atoms with Gasteiger partial charge in [0.1, 0.15) is 12.4 Å². The van der Waals surface area contributed by atoms with Crippen LogP contribution in [0.4, 0.5) is 10.2 Å². The summed E-state index contributed by atoms with van der Waals surface area (Å²) in [6.07, 6.45) is 4.06. The molecule has 0 spiro atoms. The molecule has 3 aromatic rings. The van der Waals surface area contributed by atoms with Gasteiger partial charge in [-0.1, -0.05) is 0 Å². The fourth-order valence-corrected chi connectivity index (χ4v) is 3.23. The molecule has 1 atom stereocenters. The first-order valence-corrected chi connectivity index (χ1v) is 9.58. The Bertz CT molecular complexity index is 961. The summed E-state index contributed by atoms with van der Waals surface area (Å²) in [5, 5.41) is 13.7. The fourth-order valence-electron chi connectivity index (χ4n) is 3.23. The zero-order chi connectivity index (χ0) is 20.1. The quantitative estimate of drug-likeness (QED) is 0.258. The van der Waals surface area contributed by atoms with E-state index >= 15 is 0 Å². The SMILES string of the molecule is CCNC(=NCc1nc(-c2ccco2)n[nH]1)NC1CCN(c2ncccc2F)C1.I. The first-order chi connectivity index (χ1) is 14.2. The van der Waals surface area contributed by atoms with E-state index in [9.17, 15) is 4.39 Å². The molecular formula is C19H24FIN8O. The zero-order valence-electron chi connectivity index (χ0n) is 16.5. The second-order valence-electron chi connectivity index (χ2n) is 6.66. The lowest BCUT2D eigenvalue weighted by Crippen LogP contribution is -2.44. The minimum absolute atomic E-state index is 0. The number of aromatic amines is 1. The van der Waals surface area contributed by atoms with Gasteiger partial charge in [-0.05, 0) is 37.6 Å². The van der Waals surface area contributed by atoms with Crippen LogP contribution in [-0.4, -0.2) is 51.8 Å². The predicted molar refractivity (Wildman–Crippen MR) is 122 cm³/mol. The van der Waals surface area contributed by atoms with Crippen LogP contribution >= 0.6 is 24.0 Å². The van der Waals surface area contributed by atoms with Crippen molar-refractivity contribution in [2.24, 2.45) is 4.99 Å². The molecular weight excluding hydrogens is 502 g/mol. The van der Waals surface area contributed by atoms with Gasteiger partial charge in [-0.25, -0.2) is 19.4 Å². The van der Waals surface area contributed by atoms with Crippen molar-refractivity contribution in [3.05, 3.63) is 48.4 Å². The number of aliphatic imine (C=N–C) groups is 1. The van der Waals surface area contributed by atoms with Gasteiger partial charge in [0, 0.05) is 31.9 Å². The van der Waals surface area contributed by atoms with Gasteiger partial charge in [-0.2, -0.15) is 0 Å². The van der Waals surface area contributed by atoms with E-state index in [1.54, 1.807) is 30.7 Å². The number of H-pyrrole nitrogens is 1. The number of halogens is 2. The Morgan fingerprint density at radius 3 is 3.07 bits per heavy atom. The third-order valence-corrected chi connectivity index (χ3v) is 4.57. The lowest BCUT2D eigenvalue weighted by Gasteiger charge is -2.19. The standard InChI is InChI=1S/C19H23FN8O.HI/c1-2-21-19(23-11-16-25-17(27-26-16)15-6-4-10-29-15)24-13-7-9-28(12-13)18-14(20)5-3-8-22-18;/h3-6,8,10,13H,2,7,9,11-12H2,1H3,(H2,21,23,24)(H,25,26,27);1H. The van der Waals surface area contributed by atoms with Crippen LogP contribution in [0.2, 0.25) is 0 Å². The van der Waals surface area contributed by atoms with E-state index in [0.717, 1.165) is 19.5 Å². The maximum absolute atomic E-state index is 14.0. The Morgan fingerprint density at radius 2 is 2.30 bits per heavy atom. The number of nitrogens with one attached hydrogen (secondary N) is 3. The first-order valence-electron chi connectivity index (χ1n) is 9.58. The van der Waals surface area contributed by atoms with Gasteiger partial charge in [0.15, 0.2) is 23.4 Å². The Kier molecular flexibility index (Phi) is 7.60. The topological polar surface area (TPSA) is 107 Å². The summed E-state index contributed by atoms with van der Waals surface area (Å²) in [5.41, 5.74) is 0. The summed E-state index contributed by atoms with van der Waals surface area (Å²) in [6.45, 7) is 4.47. The molecule has 3 N–H and O–H groups in total. The Hall–Kier alpha value is -2.70. The highest BCUT2D eigenvalue weighted by Gasteiger charge is 2.26. The molecule has 0 amide bonds. The van der Waals surface area contributed by atoms with Crippen molar-refractivity contribution in [3.63, 3.8) is 0 Å². The molecule has 3 aromatic heterocycles. The van der Waals surface area contributed by atoms with Crippen molar-refractivity contribution in [1.82, 2.24) is 30.8 Å². The summed E-state index contributed by atoms with van der Waals surface area (Å²) in [4.78, 5) is 15.1. The van der Waals surface area contributed by atoms with E-state index < -0.39 is 0 Å². The molecule has 1 aliphatic heterocycles. The molecule has 1 unspecified atom stereocenters. The molecule has 1 aliphatic rings. The number of aromatic nitrogens is 4. The summed E-state index contributed by atoms with van der Waals surface area (Å²) in [6, 6.07) is 6.77. The fraction of sp³-hybridized carbons (Fsp3) is 0.368. The van der Waals surface area contributed by atoms with Crippen LogP contribution in [0.15, 0.2) is 46.1 Å². The number of hydrogen-bond donors (Lipinski definition) is 3. The molecule has 9 nitrogen and oxygen atoms in total. The molecule has 30 heavy (non-hydrogen) atoms. The van der Waals surface area contributed by atoms with Crippen LogP contribution in [0.3, 0.4) is 0 Å². The maximum atomic E-state index is 14.0. The van der Waals surface area contributed by atoms with Gasteiger partial charge in [-0.15, -0.1) is 29.1 Å². The van der Waals surface area contributed by atoms with Crippen molar-refractivity contribution < 1.29 is 8.81 Å². The van der Waals surface area contributed by atoms with Crippen LogP contribution in [-0.2, 0) is 6.54 Å². The minimum atomic E-state index is -0.300. The molecule has 1 fully saturated rings. The highest BCUT2D eigenvalue weighted by atomic mass is 127. The van der Waals surface area contributed by atoms with E-state index in [1.807, 2.05) is 11.8 Å². The first kappa shape index (κ1) is 22.0. The highest BCUT2D eigenvalue weighted by molar-refractivity contribution is 14.0. The van der Waals surface area contributed by atoms with Gasteiger partial charge in [0.2, 0.25) is 5.82 Å². The number of furan rings is 1. The monoisotopic (exact) mass is 526 g/mol. The van der Waals surface area contributed by atoms with Crippen LogP contribution in [0.5, 0.6) is 0 Å². The molecule has 160 valence electrons. The molecule has 4 heterocycles. The van der Waals surface area contributed by atoms with Crippen molar-refractivity contribution >= 4 is 35.8 Å². The second-order valence-corrected chi connectivity index (χ2v) is 6.66. The summed E-state index contributed by atoms with van der Waals surface area (Å²) in [5.74, 6) is 2.52. The molecule has 0 aromatic carbocycles. The van der Waals surface area contributed by atoms with Crippen LogP contribution in [0.1, 0.15) is 19.2 Å². The smallest absolute Gasteiger partial charge is 0.216 e. The van der Waals surface area contributed by atoms with E-state index in [-0.39, 0.29) is 35.8 Å². The van der Waals surface area contributed by atoms with Crippen LogP contribution in [0, 0.1) is 5.82 Å². The predicted octanol–water partition coefficient (Wildman–Crippen LogP) is 2.55. The Labute approximate surface area is 190 Å². The van der Waals surface area contributed by atoms with Crippen molar-refractivity contribution in [1.29, 1.82) is 0 Å². The van der Waals surface area contributed by atoms with Crippen molar-refractivity contribution in [3.8, 4) is 11.6 Å². The van der Waals surface area contributed by atoms with Gasteiger partial charge in [0.05, 0.1) is 6.26 Å². The van der Waals surface area contributed by atoms with Gasteiger partial charge in [-0.3, -0.25) is 5.10 Å². The average Bonchev–Trinajstić information content (AvgIpc) is 3.48. The van der Waals surface area contributed by atoms with Crippen molar-refractivity contribution in [2.75, 3.05) is 24.5 Å². The van der Waals surface area contributed by atoms with E-state index in [0.29, 0.717) is 42.3 Å². The lowest BCUT2D eigenvalue weighted by atomic mass is 10.3. The normalized spacial score (nSPS) is 16.4. The molecule has 11 heteroatoms. The summed E-state index contributed by atoms with van der Waals surface area (Å²) < 4.78 is 19.3. The number of rotatable bonds is 6. The molecule has 0 bridgehead atoms. The average molecular weight is 526 g/mol. The molecule has 0 radical (unpaired) electrons. The third kappa shape index (κ3) is 5.26. The largest absolute Gasteiger partial charge is 0.461 e. The highest BCUT2D eigenvalue weighted by Crippen LogP contribution is 2.20. The Balaban J connectivity index is 0.00000256. The van der Waals surface area contributed by atoms with E-state index in [4.69, 9.17) is 4.42 Å². The molecule has 0 aliphatic carbocycles. The Morgan fingerprint density at radius 1 is 1.40 bits per heavy atom. The minimum Gasteiger partial charge on any atom is -0.461 e. The number of anilines is 1. The van der Waals surface area contributed by atoms with Gasteiger partial charge >= 0.3 is 0 Å². The number of hydrogen-bond acceptors (Lipinski definition) is 6. The lowest BCUT2D eigenvalue weighted by molar-refractivity contribution is 0.577. The molecule has 0 saturated carbocycles. The summed E-state index contributed by atoms with van der Waals surface area (Å²) in [7, 11) is 0. The number of nitrogens with zero attached hydrogens (tertiary/aromatic N) is 5.